The molecule has 0 heterocycles. The van der Waals surface area contributed by atoms with Crippen molar-refractivity contribution in [3.8, 4) is 0 Å². The quantitative estimate of drug-likeness (QED) is 0.411. The Balaban J connectivity index is 1.59. The highest BCUT2D eigenvalue weighted by atomic mass is 35.5. The van der Waals surface area contributed by atoms with E-state index in [4.69, 9.17) is 11.6 Å². The molecule has 0 radical (unpaired) electrons. The molecule has 4 rings (SSSR count). The van der Waals surface area contributed by atoms with Crippen LogP contribution < -0.4 is 5.32 Å². The molecule has 4 N–H and O–H groups in total. The summed E-state index contributed by atoms with van der Waals surface area (Å²) in [6, 6.07) is 4.67. The van der Waals surface area contributed by atoms with Crippen molar-refractivity contribution < 1.29 is 41.7 Å². The monoisotopic (exact) mass is 547 g/mol. The van der Waals surface area contributed by atoms with Gasteiger partial charge >= 0.3 is 0 Å². The van der Waals surface area contributed by atoms with Crippen molar-refractivity contribution in [2.24, 2.45) is 11.8 Å². The Morgan fingerprint density at radius 2 is 1.64 bits per heavy atom. The lowest BCUT2D eigenvalue weighted by Gasteiger charge is -2.46. The fraction of sp³-hybridized carbons (Fsp3) is 0.458. The molecule has 1 amide bonds. The molecule has 3 unspecified atom stereocenters. The zero-order chi connectivity index (χ0) is 26.6. The van der Waals surface area contributed by atoms with Gasteiger partial charge in [0, 0.05) is 23.4 Å². The molecule has 2 aromatic carbocycles. The van der Waals surface area contributed by atoms with Crippen molar-refractivity contribution in [3.05, 3.63) is 58.4 Å². The lowest BCUT2D eigenvalue weighted by molar-refractivity contribution is -0.172. The largest absolute Gasteiger partial charge is 0.391 e. The molecule has 7 nitrogen and oxygen atoms in total. The Kier molecular flexibility index (Phi) is 7.17. The van der Waals surface area contributed by atoms with E-state index in [0.29, 0.717) is 25.0 Å². The first kappa shape index (κ1) is 26.9. The van der Waals surface area contributed by atoms with E-state index >= 15 is 0 Å². The van der Waals surface area contributed by atoms with Crippen molar-refractivity contribution in [2.45, 2.75) is 60.6 Å². The van der Waals surface area contributed by atoms with Gasteiger partial charge in [-0.15, -0.1) is 0 Å². The van der Waals surface area contributed by atoms with Crippen LogP contribution in [-0.4, -0.2) is 52.7 Å². The normalized spacial score (nSPS) is 27.5. The van der Waals surface area contributed by atoms with E-state index in [-0.39, 0.29) is 34.0 Å². The zero-order valence-electron chi connectivity index (χ0n) is 19.1. The first-order valence-electron chi connectivity index (χ1n) is 11.3. The van der Waals surface area contributed by atoms with Gasteiger partial charge in [0.05, 0.1) is 26.9 Å². The van der Waals surface area contributed by atoms with Crippen LogP contribution in [0.5, 0.6) is 0 Å². The average Bonchev–Trinajstić information content (AvgIpc) is 2.98. The van der Waals surface area contributed by atoms with E-state index in [9.17, 15) is 41.7 Å². The topological polar surface area (TPSA) is 124 Å². The van der Waals surface area contributed by atoms with Crippen LogP contribution in [0.15, 0.2) is 35.2 Å². The zero-order valence-corrected chi connectivity index (χ0v) is 20.7. The maximum absolute atomic E-state index is 13.6. The van der Waals surface area contributed by atoms with E-state index in [0.717, 1.165) is 6.07 Å². The van der Waals surface area contributed by atoms with Gasteiger partial charge in [-0.05, 0) is 62.6 Å². The van der Waals surface area contributed by atoms with E-state index in [1.54, 1.807) is 0 Å². The van der Waals surface area contributed by atoms with Gasteiger partial charge in [0.1, 0.15) is 6.10 Å². The van der Waals surface area contributed by atoms with Crippen LogP contribution >= 0.6 is 11.6 Å². The first-order valence-corrected chi connectivity index (χ1v) is 13.3. The summed E-state index contributed by atoms with van der Waals surface area (Å²) < 4.78 is 67.2. The Morgan fingerprint density at radius 1 is 1.08 bits per heavy atom. The van der Waals surface area contributed by atoms with E-state index in [1.807, 2.05) is 0 Å². The summed E-state index contributed by atoms with van der Waals surface area (Å²) in [5, 5.41) is 32.5. The number of hydrogen-bond acceptors (Lipinski definition) is 6. The van der Waals surface area contributed by atoms with Crippen LogP contribution in [0.2, 0.25) is 5.02 Å². The molecule has 0 aliphatic heterocycles. The molecular weight excluding hydrogens is 523 g/mol. The molecule has 0 saturated heterocycles. The van der Waals surface area contributed by atoms with Crippen molar-refractivity contribution in [1.29, 1.82) is 0 Å². The number of carbonyl (C=O) groups is 1. The van der Waals surface area contributed by atoms with Gasteiger partial charge in [0.25, 0.3) is 5.91 Å². The standard InChI is InChI=1S/C24H25ClF3NO6S/c1-11(30)22(31)24(33)13-3-4-14(24)8-16(7-13)36(34,35)20-6-12(2-5-17(20)25)23(32)29-15-9-18(26)21(28)19(27)10-15/h2,5-6,9-11,13-14,16,22,30-31,33H,3-4,7-8H2,1H3,(H,29,32)/t11-,13-,14?,16?,22+,24?/m0/s1. The maximum atomic E-state index is 13.6. The number of hydrogen-bond donors (Lipinski definition) is 4. The minimum absolute atomic E-state index is 0.0278. The van der Waals surface area contributed by atoms with Gasteiger partial charge in [-0.3, -0.25) is 4.79 Å². The van der Waals surface area contributed by atoms with Gasteiger partial charge in [0.15, 0.2) is 27.3 Å². The fourth-order valence-electron chi connectivity index (χ4n) is 5.54. The number of benzene rings is 2. The number of carbonyl (C=O) groups excluding carboxylic acids is 1. The molecule has 2 bridgehead atoms. The molecular formula is C24H25ClF3NO6S. The summed E-state index contributed by atoms with van der Waals surface area (Å²) in [6.07, 6.45) is -1.59. The maximum Gasteiger partial charge on any atom is 0.255 e. The van der Waals surface area contributed by atoms with Gasteiger partial charge in [0.2, 0.25) is 0 Å². The Hall–Kier alpha value is -2.18. The van der Waals surface area contributed by atoms with Gasteiger partial charge in [-0.1, -0.05) is 11.6 Å². The number of aliphatic hydroxyl groups is 3. The summed E-state index contributed by atoms with van der Waals surface area (Å²) in [5.74, 6) is -6.72. The van der Waals surface area contributed by atoms with E-state index in [2.05, 4.69) is 5.32 Å². The van der Waals surface area contributed by atoms with Crippen molar-refractivity contribution in [3.63, 3.8) is 0 Å². The summed E-state index contributed by atoms with van der Waals surface area (Å²) in [6.45, 7) is 1.36. The molecule has 196 valence electrons. The predicted molar refractivity (Wildman–Crippen MR) is 125 cm³/mol. The van der Waals surface area contributed by atoms with Crippen LogP contribution in [0.25, 0.3) is 0 Å². The number of anilines is 1. The molecule has 2 fully saturated rings. The number of sulfone groups is 1. The number of amides is 1. The Morgan fingerprint density at radius 3 is 2.17 bits per heavy atom. The molecule has 36 heavy (non-hydrogen) atoms. The molecule has 6 atom stereocenters. The molecule has 2 aliphatic rings. The third kappa shape index (κ3) is 4.51. The Bertz CT molecular complexity index is 1270. The van der Waals surface area contributed by atoms with Gasteiger partial charge in [-0.2, -0.15) is 0 Å². The number of nitrogens with one attached hydrogen (secondary N) is 1. The van der Waals surface area contributed by atoms with Crippen LogP contribution in [0.3, 0.4) is 0 Å². The van der Waals surface area contributed by atoms with E-state index < -0.39 is 68.1 Å². The number of fused-ring (bicyclic) bond motifs is 2. The van der Waals surface area contributed by atoms with Gasteiger partial charge in [-0.25, -0.2) is 21.6 Å². The van der Waals surface area contributed by atoms with E-state index in [1.165, 1.54) is 19.1 Å². The van der Waals surface area contributed by atoms with Crippen LogP contribution in [0.1, 0.15) is 43.0 Å². The highest BCUT2D eigenvalue weighted by molar-refractivity contribution is 7.92. The predicted octanol–water partition coefficient (Wildman–Crippen LogP) is 3.44. The molecule has 0 spiro atoms. The van der Waals surface area contributed by atoms with Crippen molar-refractivity contribution in [2.75, 3.05) is 5.32 Å². The second kappa shape index (κ2) is 9.60. The molecule has 2 saturated carbocycles. The molecule has 12 heteroatoms. The smallest absolute Gasteiger partial charge is 0.255 e. The van der Waals surface area contributed by atoms with Crippen LogP contribution in [-0.2, 0) is 9.84 Å². The summed E-state index contributed by atoms with van der Waals surface area (Å²) in [5.41, 5.74) is -2.13. The summed E-state index contributed by atoms with van der Waals surface area (Å²) in [7, 11) is -4.10. The van der Waals surface area contributed by atoms with Crippen LogP contribution in [0.4, 0.5) is 18.9 Å². The summed E-state index contributed by atoms with van der Waals surface area (Å²) in [4.78, 5) is 12.3. The second-order valence-electron chi connectivity index (χ2n) is 9.54. The minimum atomic E-state index is -4.10. The summed E-state index contributed by atoms with van der Waals surface area (Å²) >= 11 is 6.19. The molecule has 2 aromatic rings. The number of rotatable bonds is 6. The third-order valence-electron chi connectivity index (χ3n) is 7.38. The fourth-order valence-corrected chi connectivity index (χ4v) is 7.94. The minimum Gasteiger partial charge on any atom is -0.391 e. The molecule has 2 aliphatic carbocycles. The van der Waals surface area contributed by atoms with Crippen molar-refractivity contribution >= 4 is 33.0 Å². The lowest BCUT2D eigenvalue weighted by Crippen LogP contribution is -2.58. The van der Waals surface area contributed by atoms with Gasteiger partial charge < -0.3 is 20.6 Å². The van der Waals surface area contributed by atoms with Crippen molar-refractivity contribution in [1.82, 2.24) is 0 Å². The SMILES string of the molecule is C[C@H](O)[C@@H](O)C1(O)C2CC[C@H]1CC(S(=O)(=O)c1cc(C(=O)Nc3cc(F)c(F)c(F)c3)ccc1Cl)C2. The average molecular weight is 548 g/mol. The molecule has 0 aromatic heterocycles. The lowest BCUT2D eigenvalue weighted by atomic mass is 9.70. The second-order valence-corrected chi connectivity index (χ2v) is 12.1. The highest BCUT2D eigenvalue weighted by Gasteiger charge is 2.59. The Labute approximate surface area is 210 Å². The van der Waals surface area contributed by atoms with Crippen LogP contribution in [0, 0.1) is 29.3 Å². The number of halogens is 4. The highest BCUT2D eigenvalue weighted by Crippen LogP contribution is 2.54. The first-order chi connectivity index (χ1) is 16.8. The third-order valence-corrected chi connectivity index (χ3v) is 10.0. The number of aliphatic hydroxyl groups excluding tert-OH is 2.